The first-order chi connectivity index (χ1) is 11.3. The minimum atomic E-state index is -3.31. The van der Waals surface area contributed by atoms with Crippen LogP contribution >= 0.6 is 20.0 Å². The summed E-state index contributed by atoms with van der Waals surface area (Å²) in [5, 5.41) is -0.313. The van der Waals surface area contributed by atoms with Crippen molar-refractivity contribution in [1.82, 2.24) is 0 Å². The third-order valence-corrected chi connectivity index (χ3v) is 4.47. The van der Waals surface area contributed by atoms with Gasteiger partial charge in [-0.3, -0.25) is 18.9 Å². The summed E-state index contributed by atoms with van der Waals surface area (Å²) in [6.45, 7) is 2.31. The van der Waals surface area contributed by atoms with E-state index in [1.165, 1.54) is 6.92 Å². The Balaban J connectivity index is 2.78. The second-order valence-electron chi connectivity index (χ2n) is 4.97. The summed E-state index contributed by atoms with van der Waals surface area (Å²) in [6, 6.07) is 8.39. The van der Waals surface area contributed by atoms with Gasteiger partial charge in [-0.2, -0.15) is 0 Å². The molecule has 0 heterocycles. The summed E-state index contributed by atoms with van der Waals surface area (Å²) in [4.78, 5) is 45.2. The zero-order valence-electron chi connectivity index (χ0n) is 13.3. The summed E-state index contributed by atoms with van der Waals surface area (Å²) in [6.07, 6.45) is 0. The van der Waals surface area contributed by atoms with Gasteiger partial charge in [-0.05, 0) is 13.8 Å². The number of hydrogen-bond acceptors (Lipinski definition) is 7. The average Bonchev–Trinajstić information content (AvgIpc) is 2.58. The summed E-state index contributed by atoms with van der Waals surface area (Å²) in [7, 11) is -3.31. The molecule has 0 bridgehead atoms. The fourth-order valence-corrected chi connectivity index (χ4v) is 2.99. The molecule has 0 radical (unpaired) electrons. The molecule has 132 valence electrons. The molecule has 0 saturated heterocycles. The van der Waals surface area contributed by atoms with E-state index in [0.29, 0.717) is 5.56 Å². The van der Waals surface area contributed by atoms with Gasteiger partial charge >= 0.3 is 14.2 Å². The number of Topliss-reactive ketones (excluding diaryl/α,β-unsaturated/α-hetero) is 1. The minimum Gasteiger partial charge on any atom is -0.465 e. The van der Waals surface area contributed by atoms with Crippen LogP contribution in [0.1, 0.15) is 24.2 Å². The van der Waals surface area contributed by atoms with Crippen LogP contribution in [0.15, 0.2) is 30.3 Å². The van der Waals surface area contributed by atoms with Gasteiger partial charge in [-0.25, -0.2) is 0 Å². The Morgan fingerprint density at radius 2 is 1.88 bits per heavy atom. The highest BCUT2D eigenvalue weighted by molar-refractivity contribution is 8.14. The second kappa shape index (κ2) is 9.74. The molecule has 0 spiro atoms. The largest absolute Gasteiger partial charge is 0.465 e. The molecule has 0 aliphatic carbocycles. The summed E-state index contributed by atoms with van der Waals surface area (Å²) < 4.78 is 20.2. The Hall–Kier alpha value is -1.47. The SMILES string of the molecule is CCOC(=O)C(C)(CO[PH](=O)O)C(=O)CSC(=O)c1ccccc1. The Labute approximate surface area is 144 Å². The molecule has 0 aliphatic heterocycles. The molecule has 1 aromatic rings. The molecule has 1 N–H and O–H groups in total. The summed E-state index contributed by atoms with van der Waals surface area (Å²) >= 11 is 0.750. The maximum atomic E-state index is 12.4. The number of esters is 1. The maximum absolute atomic E-state index is 12.4. The molecule has 24 heavy (non-hydrogen) atoms. The van der Waals surface area contributed by atoms with Crippen molar-refractivity contribution in [2.45, 2.75) is 13.8 Å². The fourth-order valence-electron chi connectivity index (χ4n) is 1.70. The van der Waals surface area contributed by atoms with Crippen molar-refractivity contribution in [2.75, 3.05) is 19.0 Å². The Kier molecular flexibility index (Phi) is 8.35. The normalized spacial score (nSPS) is 14.5. The monoisotopic (exact) mass is 374 g/mol. The third-order valence-electron chi connectivity index (χ3n) is 3.17. The van der Waals surface area contributed by atoms with Crippen molar-refractivity contribution in [2.24, 2.45) is 5.41 Å². The van der Waals surface area contributed by atoms with Gasteiger partial charge in [-0.15, -0.1) is 0 Å². The number of ketones is 1. The molecule has 0 saturated carbocycles. The van der Waals surface area contributed by atoms with E-state index in [1.54, 1.807) is 37.3 Å². The van der Waals surface area contributed by atoms with Gasteiger partial charge in [0.15, 0.2) is 5.78 Å². The lowest BCUT2D eigenvalue weighted by Gasteiger charge is -2.24. The molecule has 1 aromatic carbocycles. The van der Waals surface area contributed by atoms with Gasteiger partial charge in [0.2, 0.25) is 5.12 Å². The summed E-state index contributed by atoms with van der Waals surface area (Å²) in [5.41, 5.74) is -1.31. The molecule has 7 nitrogen and oxygen atoms in total. The van der Waals surface area contributed by atoms with Crippen LogP contribution in [0.4, 0.5) is 0 Å². The van der Waals surface area contributed by atoms with Gasteiger partial charge in [0.25, 0.3) is 0 Å². The highest BCUT2D eigenvalue weighted by atomic mass is 32.2. The van der Waals surface area contributed by atoms with E-state index in [2.05, 4.69) is 4.52 Å². The van der Waals surface area contributed by atoms with Crippen LogP contribution < -0.4 is 0 Å². The van der Waals surface area contributed by atoms with Crippen LogP contribution in [0, 0.1) is 5.41 Å². The van der Waals surface area contributed by atoms with E-state index in [9.17, 15) is 18.9 Å². The van der Waals surface area contributed by atoms with Crippen molar-refractivity contribution < 1.29 is 33.1 Å². The number of carbonyl (C=O) groups excluding carboxylic acids is 3. The average molecular weight is 374 g/mol. The van der Waals surface area contributed by atoms with Gasteiger partial charge in [-0.1, -0.05) is 42.1 Å². The smallest absolute Gasteiger partial charge is 0.321 e. The number of rotatable bonds is 9. The van der Waals surface area contributed by atoms with Crippen molar-refractivity contribution in [3.63, 3.8) is 0 Å². The zero-order valence-corrected chi connectivity index (χ0v) is 15.1. The second-order valence-corrected chi connectivity index (χ2v) is 6.74. The molecule has 0 fully saturated rings. The molecule has 2 atom stereocenters. The molecule has 1 rings (SSSR count). The van der Waals surface area contributed by atoms with Crippen molar-refractivity contribution in [1.29, 1.82) is 0 Å². The number of carbonyl (C=O) groups is 3. The van der Waals surface area contributed by atoms with E-state index < -0.39 is 32.0 Å². The van der Waals surface area contributed by atoms with E-state index in [4.69, 9.17) is 9.63 Å². The molecular weight excluding hydrogens is 355 g/mol. The van der Waals surface area contributed by atoms with Crippen LogP contribution in [0.25, 0.3) is 0 Å². The Morgan fingerprint density at radius 1 is 1.25 bits per heavy atom. The van der Waals surface area contributed by atoms with Crippen molar-refractivity contribution >= 4 is 36.9 Å². The number of thioether (sulfide) groups is 1. The third kappa shape index (κ3) is 5.87. The molecule has 0 aromatic heterocycles. The fraction of sp³-hybridized carbons (Fsp3) is 0.400. The summed E-state index contributed by atoms with van der Waals surface area (Å²) in [5.74, 6) is -1.75. The van der Waals surface area contributed by atoms with Crippen LogP contribution in [-0.2, 0) is 23.4 Å². The maximum Gasteiger partial charge on any atom is 0.321 e. The Bertz CT molecular complexity index is 620. The van der Waals surface area contributed by atoms with Crippen LogP contribution in [-0.4, -0.2) is 40.7 Å². The first-order valence-corrected chi connectivity index (χ1v) is 9.34. The van der Waals surface area contributed by atoms with E-state index in [1.807, 2.05) is 0 Å². The van der Waals surface area contributed by atoms with Gasteiger partial charge in [0, 0.05) is 5.56 Å². The Morgan fingerprint density at radius 3 is 2.42 bits per heavy atom. The predicted molar refractivity (Wildman–Crippen MR) is 90.1 cm³/mol. The topological polar surface area (TPSA) is 107 Å². The van der Waals surface area contributed by atoms with E-state index >= 15 is 0 Å². The van der Waals surface area contributed by atoms with Crippen molar-refractivity contribution in [3.05, 3.63) is 35.9 Å². The van der Waals surface area contributed by atoms with E-state index in [-0.39, 0.29) is 17.5 Å². The number of benzene rings is 1. The molecule has 9 heteroatoms. The minimum absolute atomic E-state index is 0.0477. The van der Waals surface area contributed by atoms with Crippen LogP contribution in [0.3, 0.4) is 0 Å². The molecule has 0 amide bonds. The van der Waals surface area contributed by atoms with Gasteiger partial charge in [0.05, 0.1) is 19.0 Å². The van der Waals surface area contributed by atoms with Crippen molar-refractivity contribution in [3.8, 4) is 0 Å². The standard InChI is InChI=1S/C15H19O7PS/c1-3-21-14(18)15(2,10-22-23(19)20)12(16)9-24-13(17)11-7-5-4-6-8-11/h4-8,23H,3,9-10H2,1-2H3,(H,19,20). The lowest BCUT2D eigenvalue weighted by Crippen LogP contribution is -2.42. The number of ether oxygens (including phenoxy) is 1. The van der Waals surface area contributed by atoms with Crippen LogP contribution in [0.5, 0.6) is 0 Å². The number of hydrogen-bond donors (Lipinski definition) is 1. The van der Waals surface area contributed by atoms with Crippen LogP contribution in [0.2, 0.25) is 0 Å². The molecular formula is C15H19O7PS. The molecule has 2 unspecified atom stereocenters. The highest BCUT2D eigenvalue weighted by Gasteiger charge is 2.43. The zero-order chi connectivity index (χ0) is 18.2. The highest BCUT2D eigenvalue weighted by Crippen LogP contribution is 2.28. The first kappa shape index (κ1) is 20.6. The predicted octanol–water partition coefficient (Wildman–Crippen LogP) is 2.10. The van der Waals surface area contributed by atoms with Gasteiger partial charge in [0.1, 0.15) is 5.41 Å². The molecule has 0 aliphatic rings. The van der Waals surface area contributed by atoms with E-state index in [0.717, 1.165) is 11.8 Å². The first-order valence-electron chi connectivity index (χ1n) is 7.09. The lowest BCUT2D eigenvalue weighted by molar-refractivity contribution is -0.160. The quantitative estimate of drug-likeness (QED) is 0.398. The van der Waals surface area contributed by atoms with Gasteiger partial charge < -0.3 is 14.2 Å². The lowest BCUT2D eigenvalue weighted by atomic mass is 9.87.